The van der Waals surface area contributed by atoms with E-state index in [9.17, 15) is 9.90 Å². The average molecular weight is 406 g/mol. The first-order valence-corrected chi connectivity index (χ1v) is 7.56. The van der Waals surface area contributed by atoms with E-state index in [1.807, 2.05) is 6.92 Å². The highest BCUT2D eigenvalue weighted by Gasteiger charge is 2.21. The molecular formula is C12H14Br2N4O2. The molecule has 6 nitrogen and oxygen atoms in total. The van der Waals surface area contributed by atoms with Gasteiger partial charge < -0.3 is 10.4 Å². The zero-order valence-corrected chi connectivity index (χ0v) is 13.8. The molecule has 0 radical (unpaired) electrons. The Morgan fingerprint density at radius 1 is 1.45 bits per heavy atom. The van der Waals surface area contributed by atoms with Crippen molar-refractivity contribution in [2.24, 2.45) is 5.10 Å². The van der Waals surface area contributed by atoms with Crippen molar-refractivity contribution < 1.29 is 9.90 Å². The Hall–Kier alpha value is -1.12. The van der Waals surface area contributed by atoms with Crippen LogP contribution in [0.1, 0.15) is 18.9 Å². The minimum absolute atomic E-state index is 0.0147. The molecule has 1 heterocycles. The number of phenolic OH excluding ortho intramolecular Hbond substituents is 1. The summed E-state index contributed by atoms with van der Waals surface area (Å²) in [6.45, 7) is 1.94. The molecule has 2 rings (SSSR count). The van der Waals surface area contributed by atoms with Crippen LogP contribution in [0.5, 0.6) is 5.75 Å². The Labute approximate surface area is 133 Å². The molecular weight excluding hydrogens is 392 g/mol. The van der Waals surface area contributed by atoms with E-state index < -0.39 is 0 Å². The SMILES string of the molecule is CC1CC(=O)NC(N/N=C/c2cc(Br)c(O)c(Br)c2)N1. The molecule has 1 fully saturated rings. The molecule has 8 heteroatoms. The summed E-state index contributed by atoms with van der Waals surface area (Å²) in [5.74, 6) is 0.129. The van der Waals surface area contributed by atoms with Gasteiger partial charge in [0.25, 0.3) is 0 Å². The van der Waals surface area contributed by atoms with Crippen LogP contribution >= 0.6 is 31.9 Å². The van der Waals surface area contributed by atoms with E-state index >= 15 is 0 Å². The normalized spacial score (nSPS) is 22.9. The van der Waals surface area contributed by atoms with Crippen molar-refractivity contribution in [1.29, 1.82) is 0 Å². The number of carbonyl (C=O) groups is 1. The summed E-state index contributed by atoms with van der Waals surface area (Å²) in [4.78, 5) is 11.4. The zero-order valence-electron chi connectivity index (χ0n) is 10.7. The molecule has 2 atom stereocenters. The molecule has 1 aromatic carbocycles. The van der Waals surface area contributed by atoms with Crippen LogP contribution < -0.4 is 16.1 Å². The number of hydrogen-bond donors (Lipinski definition) is 4. The van der Waals surface area contributed by atoms with Gasteiger partial charge in [-0.05, 0) is 56.5 Å². The molecule has 4 N–H and O–H groups in total. The van der Waals surface area contributed by atoms with E-state index in [-0.39, 0.29) is 24.0 Å². The Balaban J connectivity index is 1.98. The summed E-state index contributed by atoms with van der Waals surface area (Å²) in [5.41, 5.74) is 3.61. The summed E-state index contributed by atoms with van der Waals surface area (Å²) in [7, 11) is 0. The third-order valence-corrected chi connectivity index (χ3v) is 3.91. The molecule has 1 saturated heterocycles. The van der Waals surface area contributed by atoms with E-state index in [0.29, 0.717) is 15.4 Å². The highest BCUT2D eigenvalue weighted by molar-refractivity contribution is 9.11. The number of hydrogen-bond acceptors (Lipinski definition) is 5. The lowest BCUT2D eigenvalue weighted by molar-refractivity contribution is -0.124. The Bertz CT molecular complexity index is 527. The molecule has 1 aliphatic heterocycles. The monoisotopic (exact) mass is 404 g/mol. The Morgan fingerprint density at radius 2 is 2.10 bits per heavy atom. The zero-order chi connectivity index (χ0) is 14.7. The average Bonchev–Trinajstić information content (AvgIpc) is 2.34. The van der Waals surface area contributed by atoms with E-state index in [1.54, 1.807) is 18.3 Å². The van der Waals surface area contributed by atoms with Gasteiger partial charge in [-0.15, -0.1) is 0 Å². The lowest BCUT2D eigenvalue weighted by Gasteiger charge is -2.28. The van der Waals surface area contributed by atoms with Gasteiger partial charge in [-0.1, -0.05) is 0 Å². The fraction of sp³-hybridized carbons (Fsp3) is 0.333. The highest BCUT2D eigenvalue weighted by Crippen LogP contribution is 2.32. The smallest absolute Gasteiger partial charge is 0.224 e. The Morgan fingerprint density at radius 3 is 2.70 bits per heavy atom. The maximum atomic E-state index is 11.4. The molecule has 1 aliphatic rings. The van der Waals surface area contributed by atoms with Crippen LogP contribution in [0.2, 0.25) is 0 Å². The topological polar surface area (TPSA) is 85.8 Å². The predicted octanol–water partition coefficient (Wildman–Crippen LogP) is 1.62. The van der Waals surface area contributed by atoms with Gasteiger partial charge in [-0.25, -0.2) is 0 Å². The summed E-state index contributed by atoms with van der Waals surface area (Å²) >= 11 is 6.50. The van der Waals surface area contributed by atoms with Crippen molar-refractivity contribution in [3.8, 4) is 5.75 Å². The summed E-state index contributed by atoms with van der Waals surface area (Å²) in [6, 6.07) is 3.58. The molecule has 0 bridgehead atoms. The number of rotatable bonds is 3. The van der Waals surface area contributed by atoms with Gasteiger partial charge >= 0.3 is 0 Å². The van der Waals surface area contributed by atoms with Gasteiger partial charge in [-0.2, -0.15) is 5.10 Å². The molecule has 1 aromatic rings. The summed E-state index contributed by atoms with van der Waals surface area (Å²) in [6.07, 6.45) is 1.67. The van der Waals surface area contributed by atoms with E-state index in [4.69, 9.17) is 0 Å². The highest BCUT2D eigenvalue weighted by atomic mass is 79.9. The number of nitrogens with one attached hydrogen (secondary N) is 3. The number of amides is 1. The van der Waals surface area contributed by atoms with E-state index in [2.05, 4.69) is 53.0 Å². The second-order valence-corrected chi connectivity index (χ2v) is 6.20. The number of benzene rings is 1. The number of aromatic hydroxyl groups is 1. The number of carbonyl (C=O) groups excluding carboxylic acids is 1. The molecule has 0 aliphatic carbocycles. The van der Waals surface area contributed by atoms with Crippen LogP contribution in [0.4, 0.5) is 0 Å². The van der Waals surface area contributed by atoms with Crippen molar-refractivity contribution >= 4 is 44.0 Å². The molecule has 20 heavy (non-hydrogen) atoms. The van der Waals surface area contributed by atoms with Gasteiger partial charge in [0.2, 0.25) is 5.91 Å². The fourth-order valence-corrected chi connectivity index (χ4v) is 3.02. The minimum Gasteiger partial charge on any atom is -0.506 e. The number of nitrogens with zero attached hydrogens (tertiary/aromatic N) is 1. The second-order valence-electron chi connectivity index (χ2n) is 4.49. The summed E-state index contributed by atoms with van der Waals surface area (Å²) in [5, 5.41) is 19.6. The molecule has 108 valence electrons. The van der Waals surface area contributed by atoms with Crippen molar-refractivity contribution in [1.82, 2.24) is 16.1 Å². The van der Waals surface area contributed by atoms with Crippen LogP contribution in [0.25, 0.3) is 0 Å². The van der Waals surface area contributed by atoms with Crippen LogP contribution in [-0.2, 0) is 4.79 Å². The fourth-order valence-electron chi connectivity index (χ4n) is 1.80. The van der Waals surface area contributed by atoms with Crippen LogP contribution in [0.3, 0.4) is 0 Å². The third kappa shape index (κ3) is 3.94. The second kappa shape index (κ2) is 6.55. The van der Waals surface area contributed by atoms with Crippen molar-refractivity contribution in [2.45, 2.75) is 25.7 Å². The quantitative estimate of drug-likeness (QED) is 0.454. The van der Waals surface area contributed by atoms with E-state index in [0.717, 1.165) is 5.56 Å². The van der Waals surface area contributed by atoms with Gasteiger partial charge in [0.05, 0.1) is 15.2 Å². The maximum absolute atomic E-state index is 11.4. The standard InChI is InChI=1S/C12H14Br2N4O2/c1-6-2-10(19)17-12(16-6)18-15-5-7-3-8(13)11(20)9(14)4-7/h3-6,12,16,18,20H,2H2,1H3,(H,17,19)/b15-5+. The number of phenols is 1. The predicted molar refractivity (Wildman–Crippen MR) is 83.4 cm³/mol. The van der Waals surface area contributed by atoms with Gasteiger partial charge in [0, 0.05) is 12.5 Å². The lowest BCUT2D eigenvalue weighted by Crippen LogP contribution is -2.60. The maximum Gasteiger partial charge on any atom is 0.224 e. The van der Waals surface area contributed by atoms with Gasteiger partial charge in [0.1, 0.15) is 5.75 Å². The first-order valence-electron chi connectivity index (χ1n) is 5.97. The van der Waals surface area contributed by atoms with Crippen LogP contribution in [-0.4, -0.2) is 29.6 Å². The van der Waals surface area contributed by atoms with Crippen molar-refractivity contribution in [2.75, 3.05) is 0 Å². The molecule has 0 spiro atoms. The van der Waals surface area contributed by atoms with Crippen molar-refractivity contribution in [3.63, 3.8) is 0 Å². The van der Waals surface area contributed by atoms with Crippen molar-refractivity contribution in [3.05, 3.63) is 26.6 Å². The first-order chi connectivity index (χ1) is 9.45. The lowest BCUT2D eigenvalue weighted by atomic mass is 10.2. The summed E-state index contributed by atoms with van der Waals surface area (Å²) < 4.78 is 1.15. The largest absolute Gasteiger partial charge is 0.506 e. The van der Waals surface area contributed by atoms with Crippen LogP contribution in [0, 0.1) is 0 Å². The number of hydrazone groups is 1. The third-order valence-electron chi connectivity index (χ3n) is 2.70. The Kier molecular flexibility index (Phi) is 5.00. The van der Waals surface area contributed by atoms with Crippen LogP contribution in [0.15, 0.2) is 26.2 Å². The first kappa shape index (κ1) is 15.3. The van der Waals surface area contributed by atoms with Gasteiger partial charge in [0.15, 0.2) is 6.29 Å². The van der Waals surface area contributed by atoms with Gasteiger partial charge in [-0.3, -0.25) is 15.5 Å². The molecule has 0 aromatic heterocycles. The number of halogens is 2. The molecule has 1 amide bonds. The molecule has 2 unspecified atom stereocenters. The van der Waals surface area contributed by atoms with E-state index in [1.165, 1.54) is 0 Å². The molecule has 0 saturated carbocycles. The minimum atomic E-state index is -0.383.